The maximum atomic E-state index is 12.3. The molecule has 1 amide bonds. The van der Waals surface area contributed by atoms with Gasteiger partial charge >= 0.3 is 5.69 Å². The first kappa shape index (κ1) is 15.0. The first-order valence-electron chi connectivity index (χ1n) is 6.01. The Hall–Kier alpha value is -2.41. The average Bonchev–Trinajstić information content (AvgIpc) is 2.43. The highest BCUT2D eigenvalue weighted by molar-refractivity contribution is 9.10. The van der Waals surface area contributed by atoms with Gasteiger partial charge in [0, 0.05) is 10.2 Å². The topological polar surface area (TPSA) is 98.3 Å². The quantitative estimate of drug-likeness (QED) is 0.503. The van der Waals surface area contributed by atoms with Crippen LogP contribution in [0.4, 0.5) is 17.1 Å². The van der Waals surface area contributed by atoms with Crippen LogP contribution in [0.15, 0.2) is 40.9 Å². The first-order chi connectivity index (χ1) is 9.91. The lowest BCUT2D eigenvalue weighted by Gasteiger charge is -2.10. The minimum absolute atomic E-state index is 0.0429. The van der Waals surface area contributed by atoms with Gasteiger partial charge in [0.25, 0.3) is 5.91 Å². The third-order valence-corrected chi connectivity index (χ3v) is 3.87. The third kappa shape index (κ3) is 3.03. The predicted octanol–water partition coefficient (Wildman–Crippen LogP) is 3.50. The molecule has 0 atom stereocenters. The van der Waals surface area contributed by atoms with Crippen molar-refractivity contribution in [3.8, 4) is 0 Å². The molecule has 0 fully saturated rings. The van der Waals surface area contributed by atoms with Gasteiger partial charge in [-0.05, 0) is 36.8 Å². The van der Waals surface area contributed by atoms with Crippen molar-refractivity contribution in [2.24, 2.45) is 0 Å². The van der Waals surface area contributed by atoms with Crippen LogP contribution in [0.2, 0.25) is 0 Å². The van der Waals surface area contributed by atoms with Crippen LogP contribution in [0.1, 0.15) is 15.9 Å². The van der Waals surface area contributed by atoms with E-state index in [1.54, 1.807) is 12.1 Å². The van der Waals surface area contributed by atoms with E-state index in [4.69, 9.17) is 5.73 Å². The van der Waals surface area contributed by atoms with Crippen molar-refractivity contribution in [3.05, 3.63) is 62.1 Å². The molecule has 0 aliphatic heterocycles. The van der Waals surface area contributed by atoms with Gasteiger partial charge in [-0.25, -0.2) is 0 Å². The zero-order valence-corrected chi connectivity index (χ0v) is 12.7. The number of nitrogen functional groups attached to an aromatic ring is 1. The Morgan fingerprint density at radius 1 is 1.29 bits per heavy atom. The second-order valence-electron chi connectivity index (χ2n) is 4.37. The van der Waals surface area contributed by atoms with E-state index in [1.807, 2.05) is 13.0 Å². The van der Waals surface area contributed by atoms with E-state index in [0.29, 0.717) is 5.69 Å². The Labute approximate surface area is 129 Å². The van der Waals surface area contributed by atoms with Crippen molar-refractivity contribution in [1.82, 2.24) is 0 Å². The lowest BCUT2D eigenvalue weighted by molar-refractivity contribution is -0.384. The summed E-state index contributed by atoms with van der Waals surface area (Å²) >= 11 is 3.36. The van der Waals surface area contributed by atoms with Crippen molar-refractivity contribution >= 4 is 38.9 Å². The monoisotopic (exact) mass is 349 g/mol. The van der Waals surface area contributed by atoms with Gasteiger partial charge in [0.1, 0.15) is 11.3 Å². The molecule has 0 saturated heterocycles. The van der Waals surface area contributed by atoms with Gasteiger partial charge in [-0.1, -0.05) is 28.1 Å². The zero-order chi connectivity index (χ0) is 15.6. The second-order valence-corrected chi connectivity index (χ2v) is 5.22. The van der Waals surface area contributed by atoms with Gasteiger partial charge in [0.2, 0.25) is 0 Å². The highest BCUT2D eigenvalue weighted by atomic mass is 79.9. The molecule has 2 aromatic carbocycles. The van der Waals surface area contributed by atoms with E-state index < -0.39 is 10.8 Å². The number of halogens is 1. The summed E-state index contributed by atoms with van der Waals surface area (Å²) in [5, 5.41) is 13.7. The SMILES string of the molecule is Cc1c(Br)cccc1NC(=O)c1cccc(N)c1[N+](=O)[O-]. The molecular weight excluding hydrogens is 338 g/mol. The van der Waals surface area contributed by atoms with E-state index in [0.717, 1.165) is 10.0 Å². The number of nitro benzene ring substituents is 1. The number of carbonyl (C=O) groups is 1. The van der Waals surface area contributed by atoms with Crippen molar-refractivity contribution in [3.63, 3.8) is 0 Å². The summed E-state index contributed by atoms with van der Waals surface area (Å²) in [5.41, 5.74) is 6.48. The number of nitro groups is 1. The number of nitrogens with two attached hydrogens (primary N) is 1. The van der Waals surface area contributed by atoms with Crippen LogP contribution in [0.3, 0.4) is 0 Å². The standard InChI is InChI=1S/C14H12BrN3O3/c1-8-10(15)5-3-7-12(8)17-14(19)9-4-2-6-11(16)13(9)18(20)21/h2-7H,16H2,1H3,(H,17,19). The molecule has 2 rings (SSSR count). The average molecular weight is 350 g/mol. The smallest absolute Gasteiger partial charge is 0.304 e. The van der Waals surface area contributed by atoms with E-state index in [1.165, 1.54) is 18.2 Å². The van der Waals surface area contributed by atoms with Crippen LogP contribution in [0.25, 0.3) is 0 Å². The van der Waals surface area contributed by atoms with Gasteiger partial charge < -0.3 is 11.1 Å². The van der Waals surface area contributed by atoms with Crippen LogP contribution in [-0.4, -0.2) is 10.8 Å². The van der Waals surface area contributed by atoms with Gasteiger partial charge in [-0.2, -0.15) is 0 Å². The van der Waals surface area contributed by atoms with Crippen molar-refractivity contribution in [2.45, 2.75) is 6.92 Å². The molecule has 0 spiro atoms. The van der Waals surface area contributed by atoms with Gasteiger partial charge in [-0.3, -0.25) is 14.9 Å². The number of carbonyl (C=O) groups excluding carboxylic acids is 1. The maximum Gasteiger partial charge on any atom is 0.304 e. The number of hydrogen-bond acceptors (Lipinski definition) is 4. The summed E-state index contributed by atoms with van der Waals surface area (Å²) < 4.78 is 0.836. The van der Waals surface area contributed by atoms with Crippen LogP contribution < -0.4 is 11.1 Å². The fraction of sp³-hybridized carbons (Fsp3) is 0.0714. The van der Waals surface area contributed by atoms with E-state index in [2.05, 4.69) is 21.2 Å². The number of nitrogens with zero attached hydrogens (tertiary/aromatic N) is 1. The summed E-state index contributed by atoms with van der Waals surface area (Å²) in [6, 6.07) is 9.59. The van der Waals surface area contributed by atoms with Crippen LogP contribution >= 0.6 is 15.9 Å². The molecule has 3 N–H and O–H groups in total. The number of para-hydroxylation sites is 1. The minimum Gasteiger partial charge on any atom is -0.393 e. The number of hydrogen-bond donors (Lipinski definition) is 2. The fourth-order valence-electron chi connectivity index (χ4n) is 1.88. The van der Waals surface area contributed by atoms with Crippen molar-refractivity contribution in [1.29, 1.82) is 0 Å². The molecule has 2 aromatic rings. The minimum atomic E-state index is -0.655. The van der Waals surface area contributed by atoms with Gasteiger partial charge in [0.05, 0.1) is 4.92 Å². The Morgan fingerprint density at radius 2 is 1.95 bits per heavy atom. The lowest BCUT2D eigenvalue weighted by Crippen LogP contribution is -2.15. The third-order valence-electron chi connectivity index (χ3n) is 3.01. The molecule has 108 valence electrons. The number of benzene rings is 2. The van der Waals surface area contributed by atoms with Gasteiger partial charge in [-0.15, -0.1) is 0 Å². The number of amides is 1. The zero-order valence-electron chi connectivity index (χ0n) is 11.1. The molecule has 0 aromatic heterocycles. The molecule has 0 unspecified atom stereocenters. The normalized spacial score (nSPS) is 10.2. The molecule has 0 aliphatic carbocycles. The lowest BCUT2D eigenvalue weighted by atomic mass is 10.1. The molecular formula is C14H12BrN3O3. The summed E-state index contributed by atoms with van der Waals surface area (Å²) in [6.45, 7) is 1.83. The molecule has 6 nitrogen and oxygen atoms in total. The Balaban J connectivity index is 2.40. The first-order valence-corrected chi connectivity index (χ1v) is 6.80. The largest absolute Gasteiger partial charge is 0.393 e. The molecule has 0 radical (unpaired) electrons. The summed E-state index contributed by atoms with van der Waals surface area (Å²) in [4.78, 5) is 22.7. The summed E-state index contributed by atoms with van der Waals surface area (Å²) in [5.74, 6) is -0.574. The molecule has 0 bridgehead atoms. The molecule has 0 heterocycles. The van der Waals surface area contributed by atoms with Crippen LogP contribution in [0.5, 0.6) is 0 Å². The predicted molar refractivity (Wildman–Crippen MR) is 84.3 cm³/mol. The summed E-state index contributed by atoms with van der Waals surface area (Å²) in [7, 11) is 0. The Bertz CT molecular complexity index is 731. The number of anilines is 2. The maximum absolute atomic E-state index is 12.3. The Morgan fingerprint density at radius 3 is 2.62 bits per heavy atom. The van der Waals surface area contributed by atoms with E-state index >= 15 is 0 Å². The van der Waals surface area contributed by atoms with E-state index in [-0.39, 0.29) is 16.9 Å². The van der Waals surface area contributed by atoms with E-state index in [9.17, 15) is 14.9 Å². The van der Waals surface area contributed by atoms with Gasteiger partial charge in [0.15, 0.2) is 0 Å². The number of rotatable bonds is 3. The van der Waals surface area contributed by atoms with Crippen molar-refractivity contribution < 1.29 is 9.72 Å². The molecule has 0 aliphatic rings. The van der Waals surface area contributed by atoms with Crippen molar-refractivity contribution in [2.75, 3.05) is 11.1 Å². The molecule has 0 saturated carbocycles. The highest BCUT2D eigenvalue weighted by Gasteiger charge is 2.23. The van der Waals surface area contributed by atoms with Crippen LogP contribution in [-0.2, 0) is 0 Å². The number of nitrogens with one attached hydrogen (secondary N) is 1. The fourth-order valence-corrected chi connectivity index (χ4v) is 2.25. The van der Waals surface area contributed by atoms with Crippen LogP contribution in [0, 0.1) is 17.0 Å². The molecule has 21 heavy (non-hydrogen) atoms. The summed E-state index contributed by atoms with van der Waals surface area (Å²) in [6.07, 6.45) is 0. The highest BCUT2D eigenvalue weighted by Crippen LogP contribution is 2.28. The second kappa shape index (κ2) is 5.92. The Kier molecular flexibility index (Phi) is 4.23. The molecule has 7 heteroatoms.